The molecule has 0 spiro atoms. The van der Waals surface area contributed by atoms with Crippen LogP contribution >= 0.6 is 0 Å². The van der Waals surface area contributed by atoms with Gasteiger partial charge >= 0.3 is 12.1 Å². The Balaban J connectivity index is 1.86. The smallest absolute Gasteiger partial charge is 0.412 e. The molecule has 6 heteroatoms. The van der Waals surface area contributed by atoms with Gasteiger partial charge in [-0.05, 0) is 45.0 Å². The molecule has 1 aromatic carbocycles. The zero-order valence-electron chi connectivity index (χ0n) is 14.0. The Morgan fingerprint density at radius 2 is 1.83 bits per heavy atom. The standard InChI is InChI=1S/C17H23NO5/c1-16(2,3)23-15(20)18-13-7-5-12(6-8-13)14(19)22-11-17(4)9-21-10-17/h5-8H,9-11H2,1-4H3,(H,18,20). The fourth-order valence-corrected chi connectivity index (χ4v) is 1.97. The molecule has 0 atom stereocenters. The summed E-state index contributed by atoms with van der Waals surface area (Å²) < 4.78 is 15.6. The molecule has 1 heterocycles. The maximum absolute atomic E-state index is 12.0. The van der Waals surface area contributed by atoms with Crippen molar-refractivity contribution in [2.24, 2.45) is 5.41 Å². The molecule has 0 unspecified atom stereocenters. The average molecular weight is 321 g/mol. The Labute approximate surface area is 136 Å². The fourth-order valence-electron chi connectivity index (χ4n) is 1.97. The van der Waals surface area contributed by atoms with Crippen molar-refractivity contribution >= 4 is 17.7 Å². The van der Waals surface area contributed by atoms with Gasteiger partial charge in [0, 0.05) is 11.1 Å². The highest BCUT2D eigenvalue weighted by Crippen LogP contribution is 2.27. The van der Waals surface area contributed by atoms with Crippen LogP contribution in [0.15, 0.2) is 24.3 Å². The van der Waals surface area contributed by atoms with E-state index in [1.807, 2.05) is 6.92 Å². The second kappa shape index (κ2) is 6.58. The van der Waals surface area contributed by atoms with Gasteiger partial charge in [0.1, 0.15) is 12.2 Å². The normalized spacial score (nSPS) is 16.2. The minimum Gasteiger partial charge on any atom is -0.461 e. The molecular formula is C17H23NO5. The maximum atomic E-state index is 12.0. The SMILES string of the molecule is CC1(COC(=O)c2ccc(NC(=O)OC(C)(C)C)cc2)COC1. The molecule has 6 nitrogen and oxygen atoms in total. The van der Waals surface area contributed by atoms with Crippen molar-refractivity contribution in [3.63, 3.8) is 0 Å². The minimum absolute atomic E-state index is 0.0755. The van der Waals surface area contributed by atoms with Crippen molar-refractivity contribution in [1.82, 2.24) is 0 Å². The van der Waals surface area contributed by atoms with Gasteiger partial charge in [-0.2, -0.15) is 0 Å². The topological polar surface area (TPSA) is 73.9 Å². The van der Waals surface area contributed by atoms with Crippen LogP contribution in [-0.4, -0.2) is 37.5 Å². The largest absolute Gasteiger partial charge is 0.461 e. The van der Waals surface area contributed by atoms with Crippen LogP contribution in [0.25, 0.3) is 0 Å². The lowest BCUT2D eigenvalue weighted by atomic mass is 9.90. The molecular weight excluding hydrogens is 298 g/mol. The average Bonchev–Trinajstić information content (AvgIpc) is 2.41. The number of hydrogen-bond acceptors (Lipinski definition) is 5. The van der Waals surface area contributed by atoms with Crippen molar-refractivity contribution in [2.45, 2.75) is 33.3 Å². The second-order valence-corrected chi connectivity index (χ2v) is 7.08. The van der Waals surface area contributed by atoms with Gasteiger partial charge in [-0.3, -0.25) is 5.32 Å². The number of benzene rings is 1. The monoisotopic (exact) mass is 321 g/mol. The first-order valence-electron chi connectivity index (χ1n) is 7.52. The lowest BCUT2D eigenvalue weighted by Gasteiger charge is -2.37. The Hall–Kier alpha value is -2.08. The Morgan fingerprint density at radius 1 is 1.22 bits per heavy atom. The van der Waals surface area contributed by atoms with E-state index in [0.29, 0.717) is 31.1 Å². The minimum atomic E-state index is -0.560. The first kappa shape index (κ1) is 17.3. The number of carbonyl (C=O) groups excluding carboxylic acids is 2. The molecule has 1 amide bonds. The summed E-state index contributed by atoms with van der Waals surface area (Å²) in [6.07, 6.45) is -0.536. The zero-order chi connectivity index (χ0) is 17.1. The number of esters is 1. The number of amides is 1. The van der Waals surface area contributed by atoms with Gasteiger partial charge < -0.3 is 14.2 Å². The van der Waals surface area contributed by atoms with Crippen LogP contribution in [0.1, 0.15) is 38.1 Å². The Morgan fingerprint density at radius 3 is 2.30 bits per heavy atom. The van der Waals surface area contributed by atoms with Crippen molar-refractivity contribution in [2.75, 3.05) is 25.1 Å². The van der Waals surface area contributed by atoms with Crippen LogP contribution in [-0.2, 0) is 14.2 Å². The van der Waals surface area contributed by atoms with E-state index in [4.69, 9.17) is 14.2 Å². The lowest BCUT2D eigenvalue weighted by Crippen LogP contribution is -2.44. The quantitative estimate of drug-likeness (QED) is 0.862. The molecule has 0 radical (unpaired) electrons. The summed E-state index contributed by atoms with van der Waals surface area (Å²) in [6.45, 7) is 8.94. The van der Waals surface area contributed by atoms with Gasteiger partial charge in [0.2, 0.25) is 0 Å². The number of nitrogens with one attached hydrogen (secondary N) is 1. The van der Waals surface area contributed by atoms with E-state index in [1.165, 1.54) is 0 Å². The van der Waals surface area contributed by atoms with Gasteiger partial charge in [-0.15, -0.1) is 0 Å². The molecule has 1 aromatic rings. The zero-order valence-corrected chi connectivity index (χ0v) is 14.0. The summed E-state index contributed by atoms with van der Waals surface area (Å²) in [4.78, 5) is 23.6. The van der Waals surface area contributed by atoms with Gasteiger partial charge in [0.05, 0.1) is 18.8 Å². The summed E-state index contributed by atoms with van der Waals surface area (Å²) in [5.41, 5.74) is 0.349. The highest BCUT2D eigenvalue weighted by molar-refractivity contribution is 5.91. The third-order valence-corrected chi connectivity index (χ3v) is 3.22. The fraction of sp³-hybridized carbons (Fsp3) is 0.529. The van der Waals surface area contributed by atoms with Gasteiger partial charge in [-0.25, -0.2) is 9.59 Å². The summed E-state index contributed by atoms with van der Waals surface area (Å²) in [5, 5.41) is 2.61. The lowest BCUT2D eigenvalue weighted by molar-refractivity contribution is -0.127. The number of hydrogen-bond donors (Lipinski definition) is 1. The summed E-state index contributed by atoms with van der Waals surface area (Å²) in [6, 6.07) is 6.48. The molecule has 1 fully saturated rings. The molecule has 1 N–H and O–H groups in total. The third kappa shape index (κ3) is 5.25. The van der Waals surface area contributed by atoms with E-state index in [0.717, 1.165) is 0 Å². The van der Waals surface area contributed by atoms with Crippen LogP contribution in [0.2, 0.25) is 0 Å². The first-order valence-corrected chi connectivity index (χ1v) is 7.52. The van der Waals surface area contributed by atoms with E-state index in [9.17, 15) is 9.59 Å². The van der Waals surface area contributed by atoms with Crippen LogP contribution in [0.5, 0.6) is 0 Å². The number of ether oxygens (including phenoxy) is 3. The van der Waals surface area contributed by atoms with E-state index >= 15 is 0 Å². The molecule has 0 aromatic heterocycles. The predicted molar refractivity (Wildman–Crippen MR) is 85.5 cm³/mol. The molecule has 0 bridgehead atoms. The van der Waals surface area contributed by atoms with Crippen LogP contribution in [0, 0.1) is 5.41 Å². The predicted octanol–water partition coefficient (Wildman–Crippen LogP) is 3.23. The molecule has 1 saturated heterocycles. The highest BCUT2D eigenvalue weighted by Gasteiger charge is 2.34. The van der Waals surface area contributed by atoms with Crippen molar-refractivity contribution in [1.29, 1.82) is 0 Å². The van der Waals surface area contributed by atoms with Crippen LogP contribution < -0.4 is 5.32 Å². The van der Waals surface area contributed by atoms with Gasteiger partial charge in [0.25, 0.3) is 0 Å². The highest BCUT2D eigenvalue weighted by atomic mass is 16.6. The van der Waals surface area contributed by atoms with Gasteiger partial charge in [0.15, 0.2) is 0 Å². The van der Waals surface area contributed by atoms with Crippen molar-refractivity contribution < 1.29 is 23.8 Å². The number of anilines is 1. The molecule has 23 heavy (non-hydrogen) atoms. The van der Waals surface area contributed by atoms with Crippen LogP contribution in [0.4, 0.5) is 10.5 Å². The van der Waals surface area contributed by atoms with Crippen molar-refractivity contribution in [3.05, 3.63) is 29.8 Å². The molecule has 1 aliphatic heterocycles. The molecule has 126 valence electrons. The molecule has 1 aliphatic rings. The molecule has 0 aliphatic carbocycles. The second-order valence-electron chi connectivity index (χ2n) is 7.08. The van der Waals surface area contributed by atoms with Crippen molar-refractivity contribution in [3.8, 4) is 0 Å². The summed E-state index contributed by atoms with van der Waals surface area (Å²) in [7, 11) is 0. The molecule has 2 rings (SSSR count). The van der Waals surface area contributed by atoms with E-state index < -0.39 is 11.7 Å². The number of carbonyl (C=O) groups is 2. The Kier molecular flexibility index (Phi) is 4.94. The third-order valence-electron chi connectivity index (χ3n) is 3.22. The maximum Gasteiger partial charge on any atom is 0.412 e. The molecule has 0 saturated carbocycles. The number of rotatable bonds is 4. The van der Waals surface area contributed by atoms with E-state index in [1.54, 1.807) is 45.0 Å². The Bertz CT molecular complexity index is 570. The van der Waals surface area contributed by atoms with E-state index in [2.05, 4.69) is 5.32 Å². The van der Waals surface area contributed by atoms with Gasteiger partial charge in [-0.1, -0.05) is 6.92 Å². The summed E-state index contributed by atoms with van der Waals surface area (Å²) >= 11 is 0. The first-order chi connectivity index (χ1) is 10.7. The van der Waals surface area contributed by atoms with Crippen LogP contribution in [0.3, 0.4) is 0 Å². The van der Waals surface area contributed by atoms with E-state index in [-0.39, 0.29) is 11.4 Å². The summed E-state index contributed by atoms with van der Waals surface area (Å²) in [5.74, 6) is -0.387.